The molecule has 0 saturated carbocycles. The standard InChI is InChI=1S/C21H26N4OS/c1-14(2)13-25-20(11-10-19(22)26)23-24-21(25)27-15(3)17-9-8-16-6-4-5-7-18(16)12-17/h4-9,12,14-15H,10-11,13H2,1-3H3,(H2,22,26). The van der Waals surface area contributed by atoms with E-state index in [0.717, 1.165) is 17.5 Å². The number of primary amides is 1. The molecule has 0 aliphatic rings. The van der Waals surface area contributed by atoms with Crippen molar-refractivity contribution in [1.29, 1.82) is 0 Å². The number of amides is 1. The van der Waals surface area contributed by atoms with Gasteiger partial charge in [-0.05, 0) is 29.2 Å². The van der Waals surface area contributed by atoms with Crippen molar-refractivity contribution in [2.45, 2.75) is 50.6 Å². The van der Waals surface area contributed by atoms with Gasteiger partial charge in [0.15, 0.2) is 5.16 Å². The second-order valence-corrected chi connectivity index (χ2v) is 8.54. The van der Waals surface area contributed by atoms with Crippen LogP contribution < -0.4 is 5.73 Å². The van der Waals surface area contributed by atoms with Crippen molar-refractivity contribution >= 4 is 28.4 Å². The van der Waals surface area contributed by atoms with E-state index < -0.39 is 0 Å². The summed E-state index contributed by atoms with van der Waals surface area (Å²) in [4.78, 5) is 11.1. The van der Waals surface area contributed by atoms with Crippen LogP contribution in [0.25, 0.3) is 10.8 Å². The number of carbonyl (C=O) groups excluding carboxylic acids is 1. The van der Waals surface area contributed by atoms with Crippen LogP contribution in [0.1, 0.15) is 43.8 Å². The molecule has 0 fully saturated rings. The molecule has 6 heteroatoms. The molecular formula is C21H26N4OS. The number of rotatable bonds is 8. The van der Waals surface area contributed by atoms with Gasteiger partial charge in [-0.3, -0.25) is 4.79 Å². The number of thioether (sulfide) groups is 1. The van der Waals surface area contributed by atoms with Crippen molar-refractivity contribution < 1.29 is 4.79 Å². The lowest BCUT2D eigenvalue weighted by molar-refractivity contribution is -0.118. The largest absolute Gasteiger partial charge is 0.370 e. The SMILES string of the molecule is CC(C)Cn1c(CCC(N)=O)nnc1SC(C)c1ccc2ccccc2c1. The molecule has 0 bridgehead atoms. The van der Waals surface area contributed by atoms with Crippen LogP contribution in [0.15, 0.2) is 47.6 Å². The second kappa shape index (κ2) is 8.57. The molecule has 1 atom stereocenters. The van der Waals surface area contributed by atoms with Crippen molar-refractivity contribution in [3.05, 3.63) is 53.9 Å². The number of benzene rings is 2. The Morgan fingerprint density at radius 2 is 1.85 bits per heavy atom. The molecule has 0 aliphatic heterocycles. The summed E-state index contributed by atoms with van der Waals surface area (Å²) >= 11 is 1.70. The first-order chi connectivity index (χ1) is 12.9. The Morgan fingerprint density at radius 1 is 1.11 bits per heavy atom. The van der Waals surface area contributed by atoms with Crippen LogP contribution in [0.2, 0.25) is 0 Å². The molecule has 1 unspecified atom stereocenters. The fraction of sp³-hybridized carbons (Fsp3) is 0.381. The van der Waals surface area contributed by atoms with Crippen LogP contribution in [0.5, 0.6) is 0 Å². The van der Waals surface area contributed by atoms with E-state index >= 15 is 0 Å². The molecule has 0 spiro atoms. The highest BCUT2D eigenvalue weighted by Gasteiger charge is 2.18. The zero-order chi connectivity index (χ0) is 19.4. The summed E-state index contributed by atoms with van der Waals surface area (Å²) in [7, 11) is 0. The van der Waals surface area contributed by atoms with Crippen LogP contribution >= 0.6 is 11.8 Å². The van der Waals surface area contributed by atoms with Crippen LogP contribution in [0.4, 0.5) is 0 Å². The lowest BCUT2D eigenvalue weighted by Crippen LogP contribution is -2.15. The van der Waals surface area contributed by atoms with Gasteiger partial charge in [0.05, 0.1) is 0 Å². The summed E-state index contributed by atoms with van der Waals surface area (Å²) in [5, 5.41) is 12.3. The first kappa shape index (κ1) is 19.4. The predicted octanol–water partition coefficient (Wildman–Crippen LogP) is 4.36. The number of fused-ring (bicyclic) bond motifs is 1. The van der Waals surface area contributed by atoms with E-state index in [-0.39, 0.29) is 11.2 Å². The Hall–Kier alpha value is -2.34. The maximum Gasteiger partial charge on any atom is 0.217 e. The fourth-order valence-electron chi connectivity index (χ4n) is 3.06. The van der Waals surface area contributed by atoms with Gasteiger partial charge >= 0.3 is 0 Å². The minimum Gasteiger partial charge on any atom is -0.370 e. The maximum atomic E-state index is 11.1. The minimum atomic E-state index is -0.312. The summed E-state index contributed by atoms with van der Waals surface area (Å²) in [6, 6.07) is 15.0. The monoisotopic (exact) mass is 382 g/mol. The normalized spacial score (nSPS) is 12.6. The summed E-state index contributed by atoms with van der Waals surface area (Å²) in [6.07, 6.45) is 0.821. The molecule has 2 N–H and O–H groups in total. The third-order valence-corrected chi connectivity index (χ3v) is 5.60. The van der Waals surface area contributed by atoms with Gasteiger partial charge in [0.2, 0.25) is 5.91 Å². The van der Waals surface area contributed by atoms with Gasteiger partial charge in [-0.25, -0.2) is 0 Å². The number of carbonyl (C=O) groups is 1. The van der Waals surface area contributed by atoms with E-state index in [9.17, 15) is 4.79 Å². The molecule has 0 radical (unpaired) electrons. The number of aromatic nitrogens is 3. The average molecular weight is 383 g/mol. The Balaban J connectivity index is 1.83. The fourth-order valence-corrected chi connectivity index (χ4v) is 4.06. The van der Waals surface area contributed by atoms with Gasteiger partial charge in [0.25, 0.3) is 0 Å². The zero-order valence-electron chi connectivity index (χ0n) is 16.1. The van der Waals surface area contributed by atoms with E-state index in [1.807, 2.05) is 0 Å². The van der Waals surface area contributed by atoms with E-state index in [2.05, 4.69) is 78.0 Å². The molecule has 1 aromatic heterocycles. The zero-order valence-corrected chi connectivity index (χ0v) is 16.9. The highest BCUT2D eigenvalue weighted by atomic mass is 32.2. The van der Waals surface area contributed by atoms with Gasteiger partial charge in [0, 0.05) is 24.6 Å². The molecule has 5 nitrogen and oxygen atoms in total. The van der Waals surface area contributed by atoms with Crippen LogP contribution in [0, 0.1) is 5.92 Å². The van der Waals surface area contributed by atoms with Crippen LogP contribution in [-0.2, 0) is 17.8 Å². The number of aryl methyl sites for hydroxylation is 1. The minimum absolute atomic E-state index is 0.244. The summed E-state index contributed by atoms with van der Waals surface area (Å²) in [5.41, 5.74) is 6.56. The molecule has 3 aromatic rings. The van der Waals surface area contributed by atoms with Gasteiger partial charge in [0.1, 0.15) is 5.82 Å². The van der Waals surface area contributed by atoms with E-state index in [0.29, 0.717) is 18.8 Å². The Kier molecular flexibility index (Phi) is 6.16. The quantitative estimate of drug-likeness (QED) is 0.588. The van der Waals surface area contributed by atoms with Crippen molar-refractivity contribution in [3.63, 3.8) is 0 Å². The topological polar surface area (TPSA) is 73.8 Å². The van der Waals surface area contributed by atoms with Crippen molar-refractivity contribution in [3.8, 4) is 0 Å². The summed E-state index contributed by atoms with van der Waals surface area (Å²) in [6.45, 7) is 7.35. The van der Waals surface area contributed by atoms with Crippen LogP contribution in [0.3, 0.4) is 0 Å². The first-order valence-electron chi connectivity index (χ1n) is 9.29. The molecular weight excluding hydrogens is 356 g/mol. The molecule has 0 aliphatic carbocycles. The molecule has 142 valence electrons. The number of nitrogens with zero attached hydrogens (tertiary/aromatic N) is 3. The van der Waals surface area contributed by atoms with Gasteiger partial charge in [-0.2, -0.15) is 0 Å². The smallest absolute Gasteiger partial charge is 0.217 e. The molecule has 2 aromatic carbocycles. The van der Waals surface area contributed by atoms with Gasteiger partial charge in [-0.1, -0.05) is 68.1 Å². The van der Waals surface area contributed by atoms with Crippen molar-refractivity contribution in [2.75, 3.05) is 0 Å². The van der Waals surface area contributed by atoms with Gasteiger partial charge in [-0.15, -0.1) is 10.2 Å². The Labute approximate surface area is 164 Å². The second-order valence-electron chi connectivity index (χ2n) is 7.24. The van der Waals surface area contributed by atoms with Gasteiger partial charge < -0.3 is 10.3 Å². The third-order valence-electron chi connectivity index (χ3n) is 4.46. The predicted molar refractivity (Wildman–Crippen MR) is 111 cm³/mol. The molecule has 1 heterocycles. The number of hydrogen-bond acceptors (Lipinski definition) is 4. The summed E-state index contributed by atoms with van der Waals surface area (Å²) in [5.74, 6) is 0.979. The Bertz CT molecular complexity index is 935. The lowest BCUT2D eigenvalue weighted by Gasteiger charge is -2.15. The maximum absolute atomic E-state index is 11.1. The summed E-state index contributed by atoms with van der Waals surface area (Å²) < 4.78 is 2.13. The Morgan fingerprint density at radius 3 is 2.56 bits per heavy atom. The number of hydrogen-bond donors (Lipinski definition) is 1. The van der Waals surface area contributed by atoms with E-state index in [1.54, 1.807) is 11.8 Å². The molecule has 3 rings (SSSR count). The van der Waals surface area contributed by atoms with E-state index in [4.69, 9.17) is 5.73 Å². The molecule has 1 amide bonds. The van der Waals surface area contributed by atoms with Crippen LogP contribution in [-0.4, -0.2) is 20.7 Å². The molecule has 0 saturated heterocycles. The van der Waals surface area contributed by atoms with Crippen molar-refractivity contribution in [2.24, 2.45) is 11.7 Å². The van der Waals surface area contributed by atoms with Crippen molar-refractivity contribution in [1.82, 2.24) is 14.8 Å². The average Bonchev–Trinajstić information content (AvgIpc) is 3.00. The molecule has 27 heavy (non-hydrogen) atoms. The highest BCUT2D eigenvalue weighted by Crippen LogP contribution is 2.35. The van der Waals surface area contributed by atoms with E-state index in [1.165, 1.54) is 16.3 Å². The number of nitrogens with two attached hydrogens (primary N) is 1. The highest BCUT2D eigenvalue weighted by molar-refractivity contribution is 7.99. The first-order valence-corrected chi connectivity index (χ1v) is 10.2. The lowest BCUT2D eigenvalue weighted by atomic mass is 10.1. The third kappa shape index (κ3) is 4.89.